The average molecular weight is 485 g/mol. The Morgan fingerprint density at radius 2 is 1.74 bits per heavy atom. The summed E-state index contributed by atoms with van der Waals surface area (Å²) < 4.78 is 16.6. The average Bonchev–Trinajstić information content (AvgIpc) is 3.11. The number of imide groups is 1. The van der Waals surface area contributed by atoms with Gasteiger partial charge in [0.05, 0.1) is 17.7 Å². The molecular weight excluding hydrogens is 460 g/mol. The summed E-state index contributed by atoms with van der Waals surface area (Å²) in [7, 11) is 0. The minimum Gasteiger partial charge on any atom is -0.486 e. The van der Waals surface area contributed by atoms with Gasteiger partial charge in [-0.1, -0.05) is 24.3 Å². The van der Waals surface area contributed by atoms with Crippen molar-refractivity contribution in [2.45, 2.75) is 18.6 Å². The van der Waals surface area contributed by atoms with Crippen LogP contribution in [0, 0.1) is 0 Å². The third kappa shape index (κ3) is 5.01. The molecule has 9 nitrogen and oxygen atoms in total. The highest BCUT2D eigenvalue weighted by atomic mass is 32.2. The predicted octanol–water partition coefficient (Wildman–Crippen LogP) is 1.90. The van der Waals surface area contributed by atoms with E-state index >= 15 is 0 Å². The summed E-state index contributed by atoms with van der Waals surface area (Å²) in [6.45, 7) is -0.103. The number of carbonyl (C=O) groups is 4. The van der Waals surface area contributed by atoms with E-state index in [9.17, 15) is 19.2 Å². The summed E-state index contributed by atoms with van der Waals surface area (Å²) >= 11 is 1.47. The lowest BCUT2D eigenvalue weighted by Gasteiger charge is -2.26. The minimum atomic E-state index is -1.11. The van der Waals surface area contributed by atoms with E-state index in [4.69, 9.17) is 14.2 Å². The minimum absolute atomic E-state index is 0.166. The van der Waals surface area contributed by atoms with Crippen LogP contribution in [0.3, 0.4) is 0 Å². The van der Waals surface area contributed by atoms with Crippen LogP contribution in [0.25, 0.3) is 0 Å². The molecule has 2 heterocycles. The molecule has 2 aliphatic rings. The number of ether oxygens (including phenoxy) is 3. The van der Waals surface area contributed by atoms with Crippen LogP contribution in [0.5, 0.6) is 11.5 Å². The zero-order chi connectivity index (χ0) is 24.1. The van der Waals surface area contributed by atoms with E-state index < -0.39 is 36.3 Å². The molecule has 0 bridgehead atoms. The van der Waals surface area contributed by atoms with Gasteiger partial charge >= 0.3 is 5.97 Å². The first-order chi connectivity index (χ1) is 16.5. The number of hydrogen-bond acceptors (Lipinski definition) is 8. The lowest BCUT2D eigenvalue weighted by molar-refractivity contribution is -0.152. The molecule has 3 amide bonds. The highest BCUT2D eigenvalue weighted by Crippen LogP contribution is 2.30. The number of thioether (sulfide) groups is 1. The number of fused-ring (bicyclic) bond motifs is 2. The largest absolute Gasteiger partial charge is 0.486 e. The molecular formula is C24H24N2O7S. The Morgan fingerprint density at radius 1 is 1.09 bits per heavy atom. The molecule has 0 aromatic heterocycles. The van der Waals surface area contributed by atoms with Crippen LogP contribution in [0.1, 0.15) is 27.1 Å². The van der Waals surface area contributed by atoms with Gasteiger partial charge < -0.3 is 19.5 Å². The number of carbonyl (C=O) groups excluding carboxylic acids is 4. The first-order valence-corrected chi connectivity index (χ1v) is 12.2. The fourth-order valence-corrected chi connectivity index (χ4v) is 4.21. The van der Waals surface area contributed by atoms with Gasteiger partial charge in [-0.2, -0.15) is 11.8 Å². The van der Waals surface area contributed by atoms with Crippen LogP contribution in [0.15, 0.2) is 48.5 Å². The maximum Gasteiger partial charge on any atom is 0.329 e. The molecule has 2 atom stereocenters. The molecule has 2 aromatic carbocycles. The van der Waals surface area contributed by atoms with E-state index in [1.165, 1.54) is 11.8 Å². The number of amides is 3. The maximum absolute atomic E-state index is 12.8. The van der Waals surface area contributed by atoms with Crippen LogP contribution < -0.4 is 14.8 Å². The van der Waals surface area contributed by atoms with Gasteiger partial charge in [0.2, 0.25) is 0 Å². The Bertz CT molecular complexity index is 1070. The fourth-order valence-electron chi connectivity index (χ4n) is 3.75. The molecule has 0 saturated carbocycles. The number of hydrogen-bond donors (Lipinski definition) is 1. The van der Waals surface area contributed by atoms with Crippen LogP contribution >= 0.6 is 11.8 Å². The van der Waals surface area contributed by atoms with E-state index in [1.54, 1.807) is 36.4 Å². The quantitative estimate of drug-likeness (QED) is 0.424. The summed E-state index contributed by atoms with van der Waals surface area (Å²) in [6.07, 6.45) is 1.69. The van der Waals surface area contributed by atoms with Gasteiger partial charge in [0.25, 0.3) is 17.7 Å². The molecule has 4 rings (SSSR count). The molecule has 2 aromatic rings. The van der Waals surface area contributed by atoms with Gasteiger partial charge in [0.1, 0.15) is 18.8 Å². The molecule has 178 valence electrons. The maximum atomic E-state index is 12.8. The van der Waals surface area contributed by atoms with Crippen LogP contribution in [-0.4, -0.2) is 72.5 Å². The van der Waals surface area contributed by atoms with Crippen molar-refractivity contribution in [1.29, 1.82) is 0 Å². The summed E-state index contributed by atoms with van der Waals surface area (Å²) in [6, 6.07) is 12.5. The van der Waals surface area contributed by atoms with Gasteiger partial charge in [-0.25, -0.2) is 4.79 Å². The van der Waals surface area contributed by atoms with Crippen molar-refractivity contribution < 1.29 is 33.4 Å². The lowest BCUT2D eigenvalue weighted by atomic mass is 10.1. The zero-order valence-electron chi connectivity index (χ0n) is 18.5. The molecule has 0 fully saturated rings. The molecule has 0 spiro atoms. The number of benzene rings is 2. The molecule has 2 aliphatic heterocycles. The van der Waals surface area contributed by atoms with E-state index in [-0.39, 0.29) is 36.8 Å². The molecule has 0 saturated heterocycles. The second-order valence-corrected chi connectivity index (χ2v) is 8.72. The molecule has 0 radical (unpaired) electrons. The Balaban J connectivity index is 1.31. The van der Waals surface area contributed by atoms with Gasteiger partial charge in [0, 0.05) is 0 Å². The smallest absolute Gasteiger partial charge is 0.329 e. The van der Waals surface area contributed by atoms with Crippen LogP contribution in [0.2, 0.25) is 0 Å². The van der Waals surface area contributed by atoms with Gasteiger partial charge in [-0.15, -0.1) is 0 Å². The summed E-state index contributed by atoms with van der Waals surface area (Å²) in [4.78, 5) is 51.6. The number of esters is 1. The van der Waals surface area contributed by atoms with Gasteiger partial charge in [-0.05, 0) is 42.7 Å². The van der Waals surface area contributed by atoms with Crippen molar-refractivity contribution >= 4 is 35.5 Å². The second kappa shape index (κ2) is 10.6. The first kappa shape index (κ1) is 23.6. The van der Waals surface area contributed by atoms with Crippen molar-refractivity contribution in [2.24, 2.45) is 0 Å². The fraction of sp³-hybridized carbons (Fsp3) is 0.333. The lowest BCUT2D eigenvalue weighted by Crippen LogP contribution is -2.47. The zero-order valence-corrected chi connectivity index (χ0v) is 19.3. The molecule has 0 unspecified atom stereocenters. The summed E-state index contributed by atoms with van der Waals surface area (Å²) in [5, 5.41) is 2.65. The third-order valence-corrected chi connectivity index (χ3v) is 6.09. The van der Waals surface area contributed by atoms with Gasteiger partial charge in [-0.3, -0.25) is 19.3 Å². The monoisotopic (exact) mass is 484 g/mol. The molecule has 34 heavy (non-hydrogen) atoms. The molecule has 0 aliphatic carbocycles. The van der Waals surface area contributed by atoms with E-state index in [0.29, 0.717) is 17.3 Å². The first-order valence-electron chi connectivity index (χ1n) is 10.8. The predicted molar refractivity (Wildman–Crippen MR) is 124 cm³/mol. The van der Waals surface area contributed by atoms with Crippen LogP contribution in [0.4, 0.5) is 0 Å². The van der Waals surface area contributed by atoms with Crippen molar-refractivity contribution in [3.8, 4) is 11.5 Å². The Labute approximate surface area is 200 Å². The summed E-state index contributed by atoms with van der Waals surface area (Å²) in [5.74, 6) is -0.641. The second-order valence-electron chi connectivity index (χ2n) is 7.73. The highest BCUT2D eigenvalue weighted by molar-refractivity contribution is 7.98. The van der Waals surface area contributed by atoms with Crippen molar-refractivity contribution in [3.05, 3.63) is 59.7 Å². The standard InChI is InChI=1S/C24H24N2O7S/c1-34-11-10-18(26-22(28)16-6-2-3-7-17(16)23(26)29)24(30)32-14-21(27)25-12-15-13-31-19-8-4-5-9-20(19)33-15/h2-9,15,18H,10-14H2,1H3,(H,25,27)/t15-,18-/m0/s1. The van der Waals surface area contributed by atoms with Gasteiger partial charge in [0.15, 0.2) is 18.1 Å². The number of nitrogens with zero attached hydrogens (tertiary/aromatic N) is 1. The Kier molecular flexibility index (Phi) is 7.36. The Hall–Kier alpha value is -3.53. The van der Waals surface area contributed by atoms with E-state index in [0.717, 1.165) is 4.90 Å². The molecule has 10 heteroatoms. The van der Waals surface area contributed by atoms with Crippen molar-refractivity contribution in [2.75, 3.05) is 31.8 Å². The number of nitrogens with one attached hydrogen (secondary N) is 1. The topological polar surface area (TPSA) is 111 Å². The van der Waals surface area contributed by atoms with Crippen molar-refractivity contribution in [3.63, 3.8) is 0 Å². The number of para-hydroxylation sites is 2. The summed E-state index contributed by atoms with van der Waals surface area (Å²) in [5.41, 5.74) is 0.506. The normalized spacial score (nSPS) is 17.2. The SMILES string of the molecule is CSCC[C@@H](C(=O)OCC(=O)NC[C@H]1COc2ccccc2O1)N1C(=O)c2ccccc2C1=O. The Morgan fingerprint density at radius 3 is 2.41 bits per heavy atom. The third-order valence-electron chi connectivity index (χ3n) is 5.44. The van der Waals surface area contributed by atoms with E-state index in [1.807, 2.05) is 18.4 Å². The van der Waals surface area contributed by atoms with E-state index in [2.05, 4.69) is 5.32 Å². The van der Waals surface area contributed by atoms with Crippen LogP contribution in [-0.2, 0) is 14.3 Å². The van der Waals surface area contributed by atoms with Crippen molar-refractivity contribution in [1.82, 2.24) is 10.2 Å². The molecule has 1 N–H and O–H groups in total. The number of rotatable bonds is 9. The highest BCUT2D eigenvalue weighted by Gasteiger charge is 2.43.